The lowest BCUT2D eigenvalue weighted by atomic mass is 10.0. The second-order valence-corrected chi connectivity index (χ2v) is 7.00. The van der Waals surface area contributed by atoms with Crippen molar-refractivity contribution < 1.29 is 13.5 Å². The van der Waals surface area contributed by atoms with Gasteiger partial charge in [-0.1, -0.05) is 24.9 Å². The lowest BCUT2D eigenvalue weighted by Gasteiger charge is -2.22. The highest BCUT2D eigenvalue weighted by molar-refractivity contribution is 7.89. The summed E-state index contributed by atoms with van der Waals surface area (Å²) in [6.07, 6.45) is 1.24. The van der Waals surface area contributed by atoms with E-state index in [0.29, 0.717) is 6.42 Å². The van der Waals surface area contributed by atoms with Gasteiger partial charge in [0.15, 0.2) is 0 Å². The number of hydrogen-bond acceptors (Lipinski definition) is 4. The molecule has 0 aliphatic heterocycles. The number of rotatable bonds is 6. The number of aliphatic hydroxyl groups is 1. The minimum absolute atomic E-state index is 0.0335. The third-order valence-corrected chi connectivity index (χ3v) is 4.51. The molecule has 1 aromatic rings. The Balaban J connectivity index is 2.90. The van der Waals surface area contributed by atoms with Crippen molar-refractivity contribution in [2.75, 3.05) is 6.54 Å². The highest BCUT2D eigenvalue weighted by atomic mass is 35.5. The predicted octanol–water partition coefficient (Wildman–Crippen LogP) is 2.04. The van der Waals surface area contributed by atoms with Crippen LogP contribution in [-0.2, 0) is 10.0 Å². The molecular weight excluding hydrogens is 300 g/mol. The van der Waals surface area contributed by atoms with E-state index in [2.05, 4.69) is 4.72 Å². The van der Waals surface area contributed by atoms with Crippen LogP contribution in [0.5, 0.6) is 0 Å². The van der Waals surface area contributed by atoms with E-state index in [1.54, 1.807) is 6.92 Å². The van der Waals surface area contributed by atoms with Crippen LogP contribution in [0.25, 0.3) is 0 Å². The summed E-state index contributed by atoms with van der Waals surface area (Å²) in [6.45, 7) is 3.40. The normalized spacial score (nSPS) is 14.6. The Labute approximate surface area is 124 Å². The summed E-state index contributed by atoms with van der Waals surface area (Å²) in [5, 5.41) is 18.8. The molecule has 110 valence electrons. The van der Waals surface area contributed by atoms with Gasteiger partial charge in [0.05, 0.1) is 21.1 Å². The van der Waals surface area contributed by atoms with Crippen LogP contribution in [0.4, 0.5) is 0 Å². The topological polar surface area (TPSA) is 90.2 Å². The Morgan fingerprint density at radius 1 is 1.50 bits per heavy atom. The molecule has 0 aliphatic carbocycles. The van der Waals surface area contributed by atoms with Crippen molar-refractivity contribution in [1.82, 2.24) is 4.72 Å². The van der Waals surface area contributed by atoms with Gasteiger partial charge in [-0.15, -0.1) is 0 Å². The summed E-state index contributed by atoms with van der Waals surface area (Å²) in [7, 11) is -3.76. The van der Waals surface area contributed by atoms with Gasteiger partial charge in [0.1, 0.15) is 6.07 Å². The molecule has 1 aromatic carbocycles. The Bertz CT molecular complexity index is 621. The van der Waals surface area contributed by atoms with E-state index in [4.69, 9.17) is 16.9 Å². The smallest absolute Gasteiger partial charge is 0.240 e. The molecule has 5 nitrogen and oxygen atoms in total. The maximum absolute atomic E-state index is 12.1. The first-order valence-electron chi connectivity index (χ1n) is 6.13. The maximum atomic E-state index is 12.1. The number of nitrogens with zero attached hydrogens (tertiary/aromatic N) is 1. The van der Waals surface area contributed by atoms with Crippen LogP contribution in [0.1, 0.15) is 32.3 Å². The van der Waals surface area contributed by atoms with Crippen molar-refractivity contribution in [3.8, 4) is 6.07 Å². The number of nitriles is 1. The van der Waals surface area contributed by atoms with E-state index in [0.717, 1.165) is 6.42 Å². The molecule has 1 rings (SSSR count). The third-order valence-electron chi connectivity index (χ3n) is 2.80. The van der Waals surface area contributed by atoms with Crippen LogP contribution >= 0.6 is 11.6 Å². The number of halogens is 1. The monoisotopic (exact) mass is 316 g/mol. The highest BCUT2D eigenvalue weighted by Crippen LogP contribution is 2.20. The van der Waals surface area contributed by atoms with Gasteiger partial charge in [0.2, 0.25) is 10.0 Å². The van der Waals surface area contributed by atoms with E-state index < -0.39 is 15.6 Å². The van der Waals surface area contributed by atoms with Crippen molar-refractivity contribution in [3.05, 3.63) is 28.8 Å². The molecule has 1 unspecified atom stereocenters. The first-order valence-corrected chi connectivity index (χ1v) is 7.99. The van der Waals surface area contributed by atoms with Crippen molar-refractivity contribution >= 4 is 21.6 Å². The summed E-state index contributed by atoms with van der Waals surface area (Å²) >= 11 is 5.81. The molecule has 0 fully saturated rings. The molecule has 2 N–H and O–H groups in total. The summed E-state index contributed by atoms with van der Waals surface area (Å²) in [5.74, 6) is 0. The van der Waals surface area contributed by atoms with E-state index in [-0.39, 0.29) is 22.0 Å². The van der Waals surface area contributed by atoms with Crippen molar-refractivity contribution in [2.45, 2.75) is 37.2 Å². The zero-order valence-electron chi connectivity index (χ0n) is 11.4. The van der Waals surface area contributed by atoms with E-state index in [9.17, 15) is 13.5 Å². The first kappa shape index (κ1) is 16.9. The zero-order valence-corrected chi connectivity index (χ0v) is 12.9. The number of hydrogen-bond donors (Lipinski definition) is 2. The molecule has 0 heterocycles. The molecular formula is C13H17ClN2O3S. The average molecular weight is 317 g/mol. The second-order valence-electron chi connectivity index (χ2n) is 4.82. The molecule has 0 amide bonds. The molecule has 0 radical (unpaired) electrons. The molecule has 1 atom stereocenters. The van der Waals surface area contributed by atoms with Gasteiger partial charge in [0.25, 0.3) is 0 Å². The Hall–Kier alpha value is -1.13. The van der Waals surface area contributed by atoms with Crippen LogP contribution in [0.15, 0.2) is 23.1 Å². The fraction of sp³-hybridized carbons (Fsp3) is 0.462. The molecule has 20 heavy (non-hydrogen) atoms. The summed E-state index contributed by atoms with van der Waals surface area (Å²) in [4.78, 5) is -0.0335. The van der Waals surface area contributed by atoms with Gasteiger partial charge in [-0.05, 0) is 31.5 Å². The molecule has 7 heteroatoms. The minimum Gasteiger partial charge on any atom is -0.389 e. The lowest BCUT2D eigenvalue weighted by Crippen LogP contribution is -2.40. The van der Waals surface area contributed by atoms with Gasteiger partial charge >= 0.3 is 0 Å². The number of benzene rings is 1. The lowest BCUT2D eigenvalue weighted by molar-refractivity contribution is 0.0554. The number of nitrogens with one attached hydrogen (secondary N) is 1. The maximum Gasteiger partial charge on any atom is 0.240 e. The van der Waals surface area contributed by atoms with Crippen LogP contribution in [0.2, 0.25) is 5.02 Å². The van der Waals surface area contributed by atoms with Gasteiger partial charge in [0, 0.05) is 6.54 Å². The Kier molecular flexibility index (Phi) is 5.54. The second kappa shape index (κ2) is 6.55. The predicted molar refractivity (Wildman–Crippen MR) is 76.9 cm³/mol. The zero-order chi connectivity index (χ0) is 15.4. The largest absolute Gasteiger partial charge is 0.389 e. The van der Waals surface area contributed by atoms with Crippen LogP contribution < -0.4 is 4.72 Å². The SMILES string of the molecule is CCCC(C)(O)CNS(=O)(=O)c1ccc(C#N)c(Cl)c1. The van der Waals surface area contributed by atoms with Crippen LogP contribution in [0.3, 0.4) is 0 Å². The Morgan fingerprint density at radius 3 is 2.65 bits per heavy atom. The quantitative estimate of drug-likeness (QED) is 0.840. The van der Waals surface area contributed by atoms with Gasteiger partial charge in [-0.2, -0.15) is 5.26 Å². The third kappa shape index (κ3) is 4.46. The molecule has 0 bridgehead atoms. The van der Waals surface area contributed by atoms with Crippen molar-refractivity contribution in [2.24, 2.45) is 0 Å². The average Bonchev–Trinajstić information content (AvgIpc) is 2.36. The van der Waals surface area contributed by atoms with Crippen molar-refractivity contribution in [3.63, 3.8) is 0 Å². The number of sulfonamides is 1. The first-order chi connectivity index (χ1) is 9.22. The van der Waals surface area contributed by atoms with Crippen LogP contribution in [-0.4, -0.2) is 25.7 Å². The molecule has 0 aliphatic rings. The summed E-state index contributed by atoms with van der Waals surface area (Å²) in [5.41, 5.74) is -0.887. The van der Waals surface area contributed by atoms with Crippen LogP contribution in [0, 0.1) is 11.3 Å². The molecule has 0 saturated carbocycles. The highest BCUT2D eigenvalue weighted by Gasteiger charge is 2.23. The van der Waals surface area contributed by atoms with E-state index >= 15 is 0 Å². The summed E-state index contributed by atoms with van der Waals surface area (Å²) in [6, 6.07) is 5.73. The Morgan fingerprint density at radius 2 is 2.15 bits per heavy atom. The summed E-state index contributed by atoms with van der Waals surface area (Å²) < 4.78 is 26.5. The van der Waals surface area contributed by atoms with E-state index in [1.807, 2.05) is 13.0 Å². The molecule has 0 saturated heterocycles. The molecule has 0 spiro atoms. The standard InChI is InChI=1S/C13H17ClN2O3S/c1-3-6-13(2,17)9-16-20(18,19)11-5-4-10(8-15)12(14)7-11/h4-5,7,16-17H,3,6,9H2,1-2H3. The minimum atomic E-state index is -3.76. The van der Waals surface area contributed by atoms with Crippen molar-refractivity contribution in [1.29, 1.82) is 5.26 Å². The molecule has 0 aromatic heterocycles. The fourth-order valence-corrected chi connectivity index (χ4v) is 3.19. The fourth-order valence-electron chi connectivity index (χ4n) is 1.71. The van der Waals surface area contributed by atoms with Gasteiger partial charge in [-0.25, -0.2) is 13.1 Å². The van der Waals surface area contributed by atoms with Gasteiger partial charge in [-0.3, -0.25) is 0 Å². The van der Waals surface area contributed by atoms with Gasteiger partial charge < -0.3 is 5.11 Å². The van der Waals surface area contributed by atoms with E-state index in [1.165, 1.54) is 18.2 Å².